The maximum absolute atomic E-state index is 12.1. The van der Waals surface area contributed by atoms with Crippen molar-refractivity contribution in [2.75, 3.05) is 32.8 Å². The zero-order valence-corrected chi connectivity index (χ0v) is 12.3. The van der Waals surface area contributed by atoms with Crippen molar-refractivity contribution in [1.29, 1.82) is 0 Å². The number of carbonyl (C=O) groups excluding carboxylic acids is 2. The molecule has 1 aliphatic heterocycles. The van der Waals surface area contributed by atoms with Crippen LogP contribution in [-0.4, -0.2) is 59.5 Å². The maximum atomic E-state index is 12.1. The molecule has 5 nitrogen and oxygen atoms in total. The van der Waals surface area contributed by atoms with Crippen molar-refractivity contribution in [2.45, 2.75) is 19.3 Å². The Morgan fingerprint density at radius 1 is 1.15 bits per heavy atom. The van der Waals surface area contributed by atoms with E-state index < -0.39 is 0 Å². The van der Waals surface area contributed by atoms with Crippen LogP contribution in [0.2, 0.25) is 0 Å². The summed E-state index contributed by atoms with van der Waals surface area (Å²) in [4.78, 5) is 27.7. The number of unbranched alkanes of at least 4 members (excludes halogenated alkanes) is 1. The van der Waals surface area contributed by atoms with E-state index in [9.17, 15) is 9.59 Å². The van der Waals surface area contributed by atoms with E-state index in [2.05, 4.69) is 0 Å². The first-order valence-corrected chi connectivity index (χ1v) is 7.87. The predicted octanol–water partition coefficient (Wildman–Crippen LogP) is 1.20. The number of piperazine rings is 1. The zero-order valence-electron chi connectivity index (χ0n) is 11.5. The van der Waals surface area contributed by atoms with Crippen LogP contribution in [0.25, 0.3) is 0 Å². The Balaban J connectivity index is 1.77. The lowest BCUT2D eigenvalue weighted by Crippen LogP contribution is -2.50. The molecule has 1 fully saturated rings. The lowest BCUT2D eigenvalue weighted by Gasteiger charge is -2.34. The van der Waals surface area contributed by atoms with Crippen molar-refractivity contribution in [3.63, 3.8) is 0 Å². The fraction of sp³-hybridized carbons (Fsp3) is 0.571. The van der Waals surface area contributed by atoms with Gasteiger partial charge in [-0.1, -0.05) is 0 Å². The summed E-state index contributed by atoms with van der Waals surface area (Å²) in [5.41, 5.74) is 0.734. The van der Waals surface area contributed by atoms with E-state index in [0.717, 1.165) is 12.0 Å². The highest BCUT2D eigenvalue weighted by molar-refractivity contribution is 7.08. The first-order chi connectivity index (χ1) is 9.72. The highest BCUT2D eigenvalue weighted by Crippen LogP contribution is 2.12. The number of thiophene rings is 1. The van der Waals surface area contributed by atoms with Gasteiger partial charge in [-0.05, 0) is 24.3 Å². The normalized spacial score (nSPS) is 15.4. The highest BCUT2D eigenvalue weighted by Gasteiger charge is 2.24. The lowest BCUT2D eigenvalue weighted by molar-refractivity contribution is -0.132. The Morgan fingerprint density at radius 3 is 2.45 bits per heavy atom. The Morgan fingerprint density at radius 2 is 1.85 bits per heavy atom. The van der Waals surface area contributed by atoms with E-state index in [0.29, 0.717) is 39.0 Å². The van der Waals surface area contributed by atoms with E-state index in [-0.39, 0.29) is 18.4 Å². The van der Waals surface area contributed by atoms with Gasteiger partial charge in [0.05, 0.1) is 5.56 Å². The second-order valence-electron chi connectivity index (χ2n) is 4.87. The van der Waals surface area contributed by atoms with Gasteiger partial charge in [-0.15, -0.1) is 0 Å². The Labute approximate surface area is 122 Å². The molecule has 0 aromatic carbocycles. The third-order valence-electron chi connectivity index (χ3n) is 3.49. The first-order valence-electron chi connectivity index (χ1n) is 6.92. The van der Waals surface area contributed by atoms with Gasteiger partial charge in [0.25, 0.3) is 5.91 Å². The van der Waals surface area contributed by atoms with Gasteiger partial charge in [0.2, 0.25) is 5.91 Å². The Bertz CT molecular complexity index is 439. The minimum Gasteiger partial charge on any atom is -0.396 e. The average Bonchev–Trinajstić information content (AvgIpc) is 3.01. The summed E-state index contributed by atoms with van der Waals surface area (Å²) < 4.78 is 0. The summed E-state index contributed by atoms with van der Waals surface area (Å²) >= 11 is 1.52. The Kier molecular flexibility index (Phi) is 5.55. The van der Waals surface area contributed by atoms with Crippen LogP contribution in [0, 0.1) is 0 Å². The molecule has 1 saturated heterocycles. The summed E-state index contributed by atoms with van der Waals surface area (Å²) in [5.74, 6) is 0.180. The molecule has 1 N–H and O–H groups in total. The van der Waals surface area contributed by atoms with E-state index in [1.54, 1.807) is 4.90 Å². The Hall–Kier alpha value is -1.40. The van der Waals surface area contributed by atoms with E-state index in [1.807, 2.05) is 21.7 Å². The van der Waals surface area contributed by atoms with Gasteiger partial charge < -0.3 is 14.9 Å². The molecule has 2 heterocycles. The molecule has 0 radical (unpaired) electrons. The molecule has 0 aliphatic carbocycles. The minimum absolute atomic E-state index is 0.0543. The first kappa shape index (κ1) is 15.0. The molecular weight excluding hydrogens is 276 g/mol. The highest BCUT2D eigenvalue weighted by atomic mass is 32.1. The number of aliphatic hydroxyl groups excluding tert-OH is 1. The van der Waals surface area contributed by atoms with Gasteiger partial charge in [0.1, 0.15) is 0 Å². The van der Waals surface area contributed by atoms with Crippen LogP contribution in [0.4, 0.5) is 0 Å². The van der Waals surface area contributed by atoms with Crippen LogP contribution in [0.1, 0.15) is 29.6 Å². The fourth-order valence-corrected chi connectivity index (χ4v) is 2.90. The molecule has 6 heteroatoms. The number of amides is 2. The van der Waals surface area contributed by atoms with Crippen molar-refractivity contribution in [2.24, 2.45) is 0 Å². The SMILES string of the molecule is O=C(CCCCO)N1CCN(C(=O)c2ccsc2)CC1. The summed E-state index contributed by atoms with van der Waals surface area (Å²) in [5, 5.41) is 12.5. The molecular formula is C14H20N2O3S. The van der Waals surface area contributed by atoms with Crippen LogP contribution in [0.3, 0.4) is 0 Å². The van der Waals surface area contributed by atoms with Crippen molar-refractivity contribution in [1.82, 2.24) is 9.80 Å². The maximum Gasteiger partial charge on any atom is 0.254 e. The van der Waals surface area contributed by atoms with Crippen LogP contribution in [0.15, 0.2) is 16.8 Å². The molecule has 2 amide bonds. The standard InChI is InChI=1S/C14H20N2O3S/c17-9-2-1-3-13(18)15-5-7-16(8-6-15)14(19)12-4-10-20-11-12/h4,10-11,17H,1-3,5-9H2. The molecule has 0 spiro atoms. The van der Waals surface area contributed by atoms with Crippen molar-refractivity contribution in [3.05, 3.63) is 22.4 Å². The molecule has 110 valence electrons. The molecule has 0 bridgehead atoms. The van der Waals surface area contributed by atoms with Crippen LogP contribution < -0.4 is 0 Å². The summed E-state index contributed by atoms with van der Waals surface area (Å²) in [7, 11) is 0. The number of nitrogens with zero attached hydrogens (tertiary/aromatic N) is 2. The van der Waals surface area contributed by atoms with Crippen LogP contribution >= 0.6 is 11.3 Å². The minimum atomic E-state index is 0.0543. The van der Waals surface area contributed by atoms with E-state index >= 15 is 0 Å². The smallest absolute Gasteiger partial charge is 0.254 e. The number of hydrogen-bond acceptors (Lipinski definition) is 4. The second-order valence-corrected chi connectivity index (χ2v) is 5.65. The van der Waals surface area contributed by atoms with E-state index in [4.69, 9.17) is 5.11 Å². The zero-order chi connectivity index (χ0) is 14.4. The van der Waals surface area contributed by atoms with E-state index in [1.165, 1.54) is 11.3 Å². The third-order valence-corrected chi connectivity index (χ3v) is 4.17. The van der Waals surface area contributed by atoms with Crippen LogP contribution in [0.5, 0.6) is 0 Å². The summed E-state index contributed by atoms with van der Waals surface area (Å²) in [6, 6.07) is 1.83. The second kappa shape index (κ2) is 7.40. The summed E-state index contributed by atoms with van der Waals surface area (Å²) in [6.45, 7) is 2.54. The number of rotatable bonds is 5. The quantitative estimate of drug-likeness (QED) is 0.830. The lowest BCUT2D eigenvalue weighted by atomic mass is 10.2. The van der Waals surface area contributed by atoms with Crippen LogP contribution in [-0.2, 0) is 4.79 Å². The van der Waals surface area contributed by atoms with Gasteiger partial charge in [0.15, 0.2) is 0 Å². The molecule has 20 heavy (non-hydrogen) atoms. The van der Waals surface area contributed by atoms with Gasteiger partial charge in [-0.3, -0.25) is 9.59 Å². The number of aliphatic hydroxyl groups is 1. The molecule has 0 unspecified atom stereocenters. The van der Waals surface area contributed by atoms with Gasteiger partial charge in [-0.2, -0.15) is 11.3 Å². The molecule has 1 aliphatic rings. The molecule has 1 aromatic heterocycles. The average molecular weight is 296 g/mol. The molecule has 1 aromatic rings. The monoisotopic (exact) mass is 296 g/mol. The number of carbonyl (C=O) groups is 2. The van der Waals surface area contributed by atoms with Crippen molar-refractivity contribution < 1.29 is 14.7 Å². The van der Waals surface area contributed by atoms with Gasteiger partial charge in [0, 0.05) is 44.6 Å². The van der Waals surface area contributed by atoms with Gasteiger partial charge >= 0.3 is 0 Å². The summed E-state index contributed by atoms with van der Waals surface area (Å²) in [6.07, 6.45) is 1.88. The molecule has 0 atom stereocenters. The van der Waals surface area contributed by atoms with Crippen molar-refractivity contribution in [3.8, 4) is 0 Å². The predicted molar refractivity (Wildman–Crippen MR) is 77.7 cm³/mol. The van der Waals surface area contributed by atoms with Crippen molar-refractivity contribution >= 4 is 23.2 Å². The van der Waals surface area contributed by atoms with Gasteiger partial charge in [-0.25, -0.2) is 0 Å². The third kappa shape index (κ3) is 3.80. The molecule has 2 rings (SSSR count). The molecule has 0 saturated carbocycles. The topological polar surface area (TPSA) is 60.9 Å². The fourth-order valence-electron chi connectivity index (χ4n) is 2.27. The largest absolute Gasteiger partial charge is 0.396 e. The number of hydrogen-bond donors (Lipinski definition) is 1.